The number of carboxylic acids is 1. The van der Waals surface area contributed by atoms with Crippen molar-refractivity contribution < 1.29 is 14.7 Å². The number of aliphatic carboxylic acids is 1. The van der Waals surface area contributed by atoms with Crippen LogP contribution in [-0.2, 0) is 16.0 Å². The van der Waals surface area contributed by atoms with Crippen LogP contribution in [0.1, 0.15) is 25.3 Å². The molecular formula is C14H16BrNO3. The molecule has 1 unspecified atom stereocenters. The number of carboxylic acid groups (broad SMARTS) is 1. The largest absolute Gasteiger partial charge is 0.480 e. The van der Waals surface area contributed by atoms with Crippen molar-refractivity contribution in [1.29, 1.82) is 0 Å². The lowest BCUT2D eigenvalue weighted by Gasteiger charge is -2.26. The number of rotatable bonds is 5. The van der Waals surface area contributed by atoms with Crippen molar-refractivity contribution in [2.24, 2.45) is 0 Å². The summed E-state index contributed by atoms with van der Waals surface area (Å²) in [6.07, 6.45) is 2.05. The van der Waals surface area contributed by atoms with Crippen molar-refractivity contribution in [3.8, 4) is 0 Å². The van der Waals surface area contributed by atoms with E-state index in [-0.39, 0.29) is 18.4 Å². The average molecular weight is 326 g/mol. The fourth-order valence-corrected chi connectivity index (χ4v) is 2.57. The van der Waals surface area contributed by atoms with Crippen molar-refractivity contribution in [1.82, 2.24) is 4.90 Å². The van der Waals surface area contributed by atoms with E-state index in [9.17, 15) is 9.59 Å². The van der Waals surface area contributed by atoms with E-state index in [1.165, 1.54) is 4.90 Å². The van der Waals surface area contributed by atoms with Crippen LogP contribution in [0, 0.1) is 0 Å². The van der Waals surface area contributed by atoms with Crippen LogP contribution in [-0.4, -0.2) is 34.0 Å². The Morgan fingerprint density at radius 1 is 1.47 bits per heavy atom. The molecule has 1 aliphatic carbocycles. The molecule has 102 valence electrons. The quantitative estimate of drug-likeness (QED) is 0.904. The second kappa shape index (κ2) is 5.74. The fourth-order valence-electron chi connectivity index (χ4n) is 2.12. The first kappa shape index (κ1) is 14.1. The van der Waals surface area contributed by atoms with E-state index < -0.39 is 12.0 Å². The molecule has 1 aromatic rings. The van der Waals surface area contributed by atoms with Crippen LogP contribution in [0.2, 0.25) is 0 Å². The smallest absolute Gasteiger partial charge is 0.326 e. The van der Waals surface area contributed by atoms with Gasteiger partial charge in [-0.1, -0.05) is 28.1 Å². The van der Waals surface area contributed by atoms with E-state index in [2.05, 4.69) is 15.9 Å². The van der Waals surface area contributed by atoms with Gasteiger partial charge in [-0.15, -0.1) is 0 Å². The SMILES string of the molecule is CC(C(=O)O)N(C(=O)Cc1cccc(Br)c1)C1CC1. The number of hydrogen-bond acceptors (Lipinski definition) is 2. The van der Waals surface area contributed by atoms with Gasteiger partial charge in [0, 0.05) is 10.5 Å². The first-order valence-corrected chi connectivity index (χ1v) is 7.06. The summed E-state index contributed by atoms with van der Waals surface area (Å²) in [6.45, 7) is 1.57. The van der Waals surface area contributed by atoms with E-state index in [0.29, 0.717) is 0 Å². The number of nitrogens with zero attached hydrogens (tertiary/aromatic N) is 1. The Morgan fingerprint density at radius 2 is 2.16 bits per heavy atom. The number of carbonyl (C=O) groups is 2. The van der Waals surface area contributed by atoms with Crippen LogP contribution in [0.4, 0.5) is 0 Å². The highest BCUT2D eigenvalue weighted by Gasteiger charge is 2.38. The maximum Gasteiger partial charge on any atom is 0.326 e. The molecule has 4 nitrogen and oxygen atoms in total. The Labute approximate surface area is 120 Å². The zero-order valence-corrected chi connectivity index (χ0v) is 12.3. The number of hydrogen-bond donors (Lipinski definition) is 1. The predicted octanol–water partition coefficient (Wildman–Crippen LogP) is 2.46. The third-order valence-corrected chi connectivity index (χ3v) is 3.74. The molecule has 0 heterocycles. The van der Waals surface area contributed by atoms with Crippen LogP contribution < -0.4 is 0 Å². The third kappa shape index (κ3) is 3.56. The van der Waals surface area contributed by atoms with Gasteiger partial charge < -0.3 is 10.0 Å². The Hall–Kier alpha value is -1.36. The van der Waals surface area contributed by atoms with Gasteiger partial charge in [0.1, 0.15) is 6.04 Å². The fraction of sp³-hybridized carbons (Fsp3) is 0.429. The summed E-state index contributed by atoms with van der Waals surface area (Å²) in [6, 6.07) is 6.87. The van der Waals surface area contributed by atoms with Gasteiger partial charge in [0.05, 0.1) is 6.42 Å². The Kier molecular flexibility index (Phi) is 4.24. The molecule has 1 N–H and O–H groups in total. The molecule has 1 fully saturated rings. The maximum atomic E-state index is 12.3. The predicted molar refractivity (Wildman–Crippen MR) is 74.8 cm³/mol. The zero-order chi connectivity index (χ0) is 14.0. The van der Waals surface area contributed by atoms with Crippen molar-refractivity contribution in [3.63, 3.8) is 0 Å². The molecule has 1 atom stereocenters. The molecule has 1 aliphatic rings. The minimum atomic E-state index is -0.950. The van der Waals surface area contributed by atoms with Crippen LogP contribution in [0.3, 0.4) is 0 Å². The number of halogens is 1. The standard InChI is InChI=1S/C14H16BrNO3/c1-9(14(18)19)16(12-5-6-12)13(17)8-10-3-2-4-11(15)7-10/h2-4,7,9,12H,5-6,8H2,1H3,(H,18,19). The van der Waals surface area contributed by atoms with Gasteiger partial charge in [-0.3, -0.25) is 4.79 Å². The summed E-state index contributed by atoms with van der Waals surface area (Å²) in [4.78, 5) is 24.9. The Balaban J connectivity index is 2.10. The summed E-state index contributed by atoms with van der Waals surface area (Å²) in [7, 11) is 0. The van der Waals surface area contributed by atoms with Crippen molar-refractivity contribution in [2.45, 2.75) is 38.3 Å². The molecule has 2 rings (SSSR count). The van der Waals surface area contributed by atoms with Gasteiger partial charge in [0.2, 0.25) is 5.91 Å². The van der Waals surface area contributed by atoms with Gasteiger partial charge in [0.15, 0.2) is 0 Å². The summed E-state index contributed by atoms with van der Waals surface area (Å²) in [5, 5.41) is 9.09. The van der Waals surface area contributed by atoms with Gasteiger partial charge in [-0.05, 0) is 37.5 Å². The Morgan fingerprint density at radius 3 is 2.68 bits per heavy atom. The first-order chi connectivity index (χ1) is 8.99. The molecule has 1 amide bonds. The van der Waals surface area contributed by atoms with E-state index in [1.807, 2.05) is 24.3 Å². The highest BCUT2D eigenvalue weighted by atomic mass is 79.9. The lowest BCUT2D eigenvalue weighted by Crippen LogP contribution is -2.45. The zero-order valence-electron chi connectivity index (χ0n) is 10.7. The minimum absolute atomic E-state index is 0.103. The molecule has 19 heavy (non-hydrogen) atoms. The molecule has 1 saturated carbocycles. The van der Waals surface area contributed by atoms with E-state index in [0.717, 1.165) is 22.9 Å². The molecule has 0 saturated heterocycles. The van der Waals surface area contributed by atoms with Crippen molar-refractivity contribution >= 4 is 27.8 Å². The normalized spacial score (nSPS) is 15.9. The first-order valence-electron chi connectivity index (χ1n) is 6.27. The van der Waals surface area contributed by atoms with Gasteiger partial charge in [0.25, 0.3) is 0 Å². The van der Waals surface area contributed by atoms with E-state index >= 15 is 0 Å². The molecule has 0 spiro atoms. The van der Waals surface area contributed by atoms with Crippen LogP contribution in [0.15, 0.2) is 28.7 Å². The molecule has 0 aliphatic heterocycles. The van der Waals surface area contributed by atoms with Crippen LogP contribution in [0.25, 0.3) is 0 Å². The summed E-state index contributed by atoms with van der Waals surface area (Å²) in [5.41, 5.74) is 0.891. The topological polar surface area (TPSA) is 57.6 Å². The molecule has 0 aromatic heterocycles. The minimum Gasteiger partial charge on any atom is -0.480 e. The summed E-state index contributed by atoms with van der Waals surface area (Å²) < 4.78 is 0.919. The number of carbonyl (C=O) groups excluding carboxylic acids is 1. The van der Waals surface area contributed by atoms with E-state index in [1.54, 1.807) is 6.92 Å². The molecule has 0 bridgehead atoms. The van der Waals surface area contributed by atoms with Gasteiger partial charge >= 0.3 is 5.97 Å². The Bertz CT molecular complexity index is 499. The third-order valence-electron chi connectivity index (χ3n) is 3.25. The van der Waals surface area contributed by atoms with Gasteiger partial charge in [-0.2, -0.15) is 0 Å². The molecular weight excluding hydrogens is 310 g/mol. The lowest BCUT2D eigenvalue weighted by atomic mass is 10.1. The molecule has 1 aromatic carbocycles. The lowest BCUT2D eigenvalue weighted by molar-refractivity contribution is -0.149. The molecule has 0 radical (unpaired) electrons. The van der Waals surface area contributed by atoms with Crippen molar-refractivity contribution in [3.05, 3.63) is 34.3 Å². The monoisotopic (exact) mass is 325 g/mol. The number of benzene rings is 1. The number of amides is 1. The summed E-state index contributed by atoms with van der Waals surface area (Å²) >= 11 is 3.36. The second-order valence-corrected chi connectivity index (χ2v) is 5.77. The summed E-state index contributed by atoms with van der Waals surface area (Å²) in [5.74, 6) is -1.06. The van der Waals surface area contributed by atoms with E-state index in [4.69, 9.17) is 5.11 Å². The van der Waals surface area contributed by atoms with Crippen LogP contribution in [0.5, 0.6) is 0 Å². The average Bonchev–Trinajstić information content (AvgIpc) is 3.13. The molecule has 5 heteroatoms. The highest BCUT2D eigenvalue weighted by molar-refractivity contribution is 9.10. The second-order valence-electron chi connectivity index (χ2n) is 4.85. The van der Waals surface area contributed by atoms with Gasteiger partial charge in [-0.25, -0.2) is 4.79 Å². The van der Waals surface area contributed by atoms with Crippen molar-refractivity contribution in [2.75, 3.05) is 0 Å². The highest BCUT2D eigenvalue weighted by Crippen LogP contribution is 2.29. The maximum absolute atomic E-state index is 12.3. The van der Waals surface area contributed by atoms with Crippen LogP contribution >= 0.6 is 15.9 Å².